The molecule has 4 rings (SSSR count). The van der Waals surface area contributed by atoms with E-state index in [1.54, 1.807) is 46.6 Å². The molecule has 0 aromatic heterocycles. The summed E-state index contributed by atoms with van der Waals surface area (Å²) in [4.78, 5) is 14.2. The normalized spacial score (nSPS) is 19.0. The van der Waals surface area contributed by atoms with Gasteiger partial charge in [0, 0.05) is 36.5 Å². The van der Waals surface area contributed by atoms with Crippen LogP contribution in [0, 0.1) is 0 Å². The second-order valence-electron chi connectivity index (χ2n) is 6.49. The topological polar surface area (TPSA) is 57.7 Å². The highest BCUT2D eigenvalue weighted by Crippen LogP contribution is 2.40. The van der Waals surface area contributed by atoms with Gasteiger partial charge >= 0.3 is 0 Å². The maximum absolute atomic E-state index is 13.2. The first kappa shape index (κ1) is 15.6. The van der Waals surface area contributed by atoms with E-state index in [-0.39, 0.29) is 5.91 Å². The molecule has 0 atom stereocenters. The molecule has 5 nitrogen and oxygen atoms in total. The van der Waals surface area contributed by atoms with Crippen LogP contribution in [0.5, 0.6) is 0 Å². The Balaban J connectivity index is 1.91. The van der Waals surface area contributed by atoms with Crippen molar-refractivity contribution < 1.29 is 13.2 Å². The molecule has 0 bridgehead atoms. The van der Waals surface area contributed by atoms with Crippen LogP contribution in [-0.2, 0) is 10.0 Å². The number of amides is 1. The van der Waals surface area contributed by atoms with E-state index in [9.17, 15) is 13.2 Å². The lowest BCUT2D eigenvalue weighted by Crippen LogP contribution is -2.32. The standard InChI is InChI=1S/C18H20N2O3S/c1-19-15-9-10-16(13-7-6-8-14(17(13)15)18(19)21)24(22,23)20-11-4-2-3-5-12-20/h6-10H,2-5,11-12H2,1H3. The number of rotatable bonds is 2. The first-order chi connectivity index (χ1) is 11.5. The fraction of sp³-hybridized carbons (Fsp3) is 0.389. The fourth-order valence-electron chi connectivity index (χ4n) is 3.76. The first-order valence-corrected chi connectivity index (χ1v) is 9.80. The van der Waals surface area contributed by atoms with Gasteiger partial charge in [-0.3, -0.25) is 4.79 Å². The average molecular weight is 344 g/mol. The van der Waals surface area contributed by atoms with E-state index in [4.69, 9.17) is 0 Å². The number of hydrogen-bond donors (Lipinski definition) is 0. The van der Waals surface area contributed by atoms with Crippen molar-refractivity contribution in [3.05, 3.63) is 35.9 Å². The highest BCUT2D eigenvalue weighted by Gasteiger charge is 2.32. The second-order valence-corrected chi connectivity index (χ2v) is 8.40. The number of carbonyl (C=O) groups is 1. The van der Waals surface area contributed by atoms with Gasteiger partial charge in [-0.15, -0.1) is 0 Å². The number of nitrogens with zero attached hydrogens (tertiary/aromatic N) is 2. The van der Waals surface area contributed by atoms with Crippen molar-refractivity contribution in [1.82, 2.24) is 4.31 Å². The average Bonchev–Trinajstić information content (AvgIpc) is 2.80. The van der Waals surface area contributed by atoms with Gasteiger partial charge in [0.15, 0.2) is 0 Å². The SMILES string of the molecule is CN1C(=O)c2cccc3c(S(=O)(=O)N4CCCCCC4)ccc1c23. The van der Waals surface area contributed by atoms with Gasteiger partial charge in [-0.1, -0.05) is 25.0 Å². The van der Waals surface area contributed by atoms with Gasteiger partial charge in [0.25, 0.3) is 5.91 Å². The zero-order valence-corrected chi connectivity index (χ0v) is 14.5. The molecule has 2 heterocycles. The summed E-state index contributed by atoms with van der Waals surface area (Å²) in [6.07, 6.45) is 3.97. The highest BCUT2D eigenvalue weighted by molar-refractivity contribution is 7.89. The Morgan fingerprint density at radius 2 is 1.67 bits per heavy atom. The number of benzene rings is 2. The van der Waals surface area contributed by atoms with E-state index in [1.165, 1.54) is 0 Å². The minimum absolute atomic E-state index is 0.0834. The van der Waals surface area contributed by atoms with Crippen molar-refractivity contribution in [2.75, 3.05) is 25.0 Å². The van der Waals surface area contributed by atoms with E-state index in [0.717, 1.165) is 36.8 Å². The first-order valence-electron chi connectivity index (χ1n) is 8.36. The Morgan fingerprint density at radius 1 is 0.958 bits per heavy atom. The Labute approximate surface area is 141 Å². The molecule has 0 N–H and O–H groups in total. The third-order valence-electron chi connectivity index (χ3n) is 5.06. The fourth-order valence-corrected chi connectivity index (χ4v) is 5.46. The molecule has 2 aromatic carbocycles. The van der Waals surface area contributed by atoms with Gasteiger partial charge in [-0.25, -0.2) is 8.42 Å². The van der Waals surface area contributed by atoms with E-state index in [2.05, 4.69) is 0 Å². The smallest absolute Gasteiger partial charge is 0.258 e. The number of hydrogen-bond acceptors (Lipinski definition) is 3. The predicted octanol–water partition coefficient (Wildman–Crippen LogP) is 2.99. The van der Waals surface area contributed by atoms with Crippen molar-refractivity contribution in [3.63, 3.8) is 0 Å². The van der Waals surface area contributed by atoms with Gasteiger partial charge in [-0.05, 0) is 31.0 Å². The summed E-state index contributed by atoms with van der Waals surface area (Å²) in [5.74, 6) is -0.0834. The van der Waals surface area contributed by atoms with E-state index < -0.39 is 10.0 Å². The second kappa shape index (κ2) is 5.57. The molecule has 1 fully saturated rings. The largest absolute Gasteiger partial charge is 0.311 e. The van der Waals surface area contributed by atoms with E-state index >= 15 is 0 Å². The lowest BCUT2D eigenvalue weighted by molar-refractivity contribution is 0.0999. The summed E-state index contributed by atoms with van der Waals surface area (Å²) >= 11 is 0. The monoisotopic (exact) mass is 344 g/mol. The predicted molar refractivity (Wildman–Crippen MR) is 93.9 cm³/mol. The molecule has 2 aliphatic heterocycles. The van der Waals surface area contributed by atoms with Crippen molar-refractivity contribution in [2.24, 2.45) is 0 Å². The minimum Gasteiger partial charge on any atom is -0.311 e. The summed E-state index contributed by atoms with van der Waals surface area (Å²) in [5, 5.41) is 1.40. The molecule has 2 aliphatic rings. The van der Waals surface area contributed by atoms with Gasteiger partial charge in [-0.2, -0.15) is 4.31 Å². The molecule has 24 heavy (non-hydrogen) atoms. The summed E-state index contributed by atoms with van der Waals surface area (Å²) < 4.78 is 28.0. The Bertz CT molecular complexity index is 929. The summed E-state index contributed by atoms with van der Waals surface area (Å²) in [6.45, 7) is 1.15. The summed E-state index contributed by atoms with van der Waals surface area (Å²) in [5.41, 5.74) is 1.36. The molecular formula is C18H20N2O3S. The molecule has 2 aromatic rings. The number of sulfonamides is 1. The van der Waals surface area contributed by atoms with E-state index in [1.807, 2.05) is 0 Å². The van der Waals surface area contributed by atoms with Crippen LogP contribution in [-0.4, -0.2) is 38.8 Å². The highest BCUT2D eigenvalue weighted by atomic mass is 32.2. The zero-order valence-electron chi connectivity index (χ0n) is 13.7. The third-order valence-corrected chi connectivity index (χ3v) is 7.01. The minimum atomic E-state index is -3.55. The van der Waals surface area contributed by atoms with Crippen LogP contribution in [0.4, 0.5) is 5.69 Å². The van der Waals surface area contributed by atoms with Crippen LogP contribution in [0.3, 0.4) is 0 Å². The Morgan fingerprint density at radius 3 is 2.38 bits per heavy atom. The molecule has 126 valence electrons. The van der Waals surface area contributed by atoms with E-state index in [0.29, 0.717) is 28.9 Å². The third kappa shape index (κ3) is 2.17. The molecule has 0 unspecified atom stereocenters. The molecule has 1 saturated heterocycles. The Kier molecular flexibility index (Phi) is 3.62. The van der Waals surface area contributed by atoms with Crippen molar-refractivity contribution >= 4 is 32.4 Å². The van der Waals surface area contributed by atoms with Crippen LogP contribution in [0.25, 0.3) is 10.8 Å². The molecule has 1 amide bonds. The molecule has 0 radical (unpaired) electrons. The maximum atomic E-state index is 13.2. The summed E-state index contributed by atoms with van der Waals surface area (Å²) in [7, 11) is -1.83. The lowest BCUT2D eigenvalue weighted by Gasteiger charge is -2.21. The quantitative estimate of drug-likeness (QED) is 0.841. The van der Waals surface area contributed by atoms with Crippen molar-refractivity contribution in [1.29, 1.82) is 0 Å². The van der Waals surface area contributed by atoms with Gasteiger partial charge in [0.05, 0.1) is 10.6 Å². The van der Waals surface area contributed by atoms with Crippen LogP contribution < -0.4 is 4.90 Å². The van der Waals surface area contributed by atoms with Crippen LogP contribution >= 0.6 is 0 Å². The number of carbonyl (C=O) groups excluding carboxylic acids is 1. The molecule has 0 spiro atoms. The van der Waals surface area contributed by atoms with Gasteiger partial charge < -0.3 is 4.90 Å². The molecule has 0 saturated carbocycles. The molecule has 0 aliphatic carbocycles. The van der Waals surface area contributed by atoms with Crippen LogP contribution in [0.2, 0.25) is 0 Å². The van der Waals surface area contributed by atoms with Crippen molar-refractivity contribution in [3.8, 4) is 0 Å². The molecule has 6 heteroatoms. The van der Waals surface area contributed by atoms with Gasteiger partial charge in [0.1, 0.15) is 0 Å². The zero-order chi connectivity index (χ0) is 16.9. The van der Waals surface area contributed by atoms with Crippen LogP contribution in [0.1, 0.15) is 36.0 Å². The summed E-state index contributed by atoms with van der Waals surface area (Å²) in [6, 6.07) is 8.73. The number of anilines is 1. The van der Waals surface area contributed by atoms with Gasteiger partial charge in [0.2, 0.25) is 10.0 Å². The lowest BCUT2D eigenvalue weighted by atomic mass is 10.1. The molecular weight excluding hydrogens is 324 g/mol. The van der Waals surface area contributed by atoms with Crippen molar-refractivity contribution in [2.45, 2.75) is 30.6 Å². The maximum Gasteiger partial charge on any atom is 0.258 e. The Hall–Kier alpha value is -1.92. The van der Waals surface area contributed by atoms with Crippen LogP contribution in [0.15, 0.2) is 35.2 Å².